The highest BCUT2D eigenvalue weighted by Gasteiger charge is 2.24. The fourth-order valence-electron chi connectivity index (χ4n) is 3.92. The molecule has 0 radical (unpaired) electrons. The fourth-order valence-corrected chi connectivity index (χ4v) is 3.92. The number of methoxy groups -OCH3 is 1. The summed E-state index contributed by atoms with van der Waals surface area (Å²) >= 11 is 0. The molecule has 0 spiro atoms. The molecule has 1 fully saturated rings. The predicted octanol–water partition coefficient (Wildman–Crippen LogP) is 2.49. The summed E-state index contributed by atoms with van der Waals surface area (Å²) in [5.74, 6) is 0.609. The number of aromatic amines is 1. The maximum absolute atomic E-state index is 12.1. The molecule has 29 heavy (non-hydrogen) atoms. The molecule has 152 valence electrons. The highest BCUT2D eigenvalue weighted by molar-refractivity contribution is 5.55. The Hall–Kier alpha value is -2.77. The number of nitrogens with one attached hydrogen (secondary N) is 1. The van der Waals surface area contributed by atoms with Crippen LogP contribution in [0.15, 0.2) is 53.6 Å². The molecule has 0 unspecified atom stereocenters. The van der Waals surface area contributed by atoms with E-state index >= 15 is 0 Å². The lowest BCUT2D eigenvalue weighted by Crippen LogP contribution is -2.32. The Morgan fingerprint density at radius 1 is 1.28 bits per heavy atom. The lowest BCUT2D eigenvalue weighted by Gasteiger charge is -2.23. The van der Waals surface area contributed by atoms with Crippen molar-refractivity contribution >= 4 is 0 Å². The molecule has 3 aromatic rings. The Balaban J connectivity index is 1.45. The van der Waals surface area contributed by atoms with E-state index in [1.807, 2.05) is 29.1 Å². The average molecular weight is 393 g/mol. The second-order valence-corrected chi connectivity index (χ2v) is 7.52. The number of likely N-dealkylation sites (tertiary alicyclic amines) is 1. The number of hydrogen-bond donors (Lipinski definition) is 1. The largest absolute Gasteiger partial charge is 0.383 e. The zero-order valence-electron chi connectivity index (χ0n) is 16.8. The van der Waals surface area contributed by atoms with Gasteiger partial charge in [0.15, 0.2) is 0 Å². The van der Waals surface area contributed by atoms with Crippen molar-refractivity contribution in [3.8, 4) is 11.4 Å². The SMILES string of the molecule is COC[C@@H]1CCCN1Cc1ccc(-c2nc(CCn3cccn3)cc(=O)[nH]2)cc1. The third-order valence-corrected chi connectivity index (χ3v) is 5.42. The number of ether oxygens (including phenoxy) is 1. The minimum atomic E-state index is -0.131. The molecule has 0 aliphatic carbocycles. The summed E-state index contributed by atoms with van der Waals surface area (Å²) in [5, 5.41) is 4.19. The van der Waals surface area contributed by atoms with Crippen molar-refractivity contribution in [1.29, 1.82) is 0 Å². The molecule has 1 aromatic carbocycles. The van der Waals surface area contributed by atoms with E-state index in [-0.39, 0.29) is 5.56 Å². The van der Waals surface area contributed by atoms with Crippen LogP contribution in [0.2, 0.25) is 0 Å². The van der Waals surface area contributed by atoms with Gasteiger partial charge in [-0.1, -0.05) is 24.3 Å². The van der Waals surface area contributed by atoms with E-state index < -0.39 is 0 Å². The summed E-state index contributed by atoms with van der Waals surface area (Å²) in [6, 6.07) is 12.3. The molecule has 0 saturated carbocycles. The van der Waals surface area contributed by atoms with E-state index in [0.717, 1.165) is 31.0 Å². The van der Waals surface area contributed by atoms with E-state index in [1.54, 1.807) is 19.4 Å². The predicted molar refractivity (Wildman–Crippen MR) is 112 cm³/mol. The summed E-state index contributed by atoms with van der Waals surface area (Å²) in [7, 11) is 1.77. The number of rotatable bonds is 8. The number of H-pyrrole nitrogens is 1. The minimum absolute atomic E-state index is 0.131. The van der Waals surface area contributed by atoms with Gasteiger partial charge in [-0.25, -0.2) is 4.98 Å². The molecule has 0 amide bonds. The summed E-state index contributed by atoms with van der Waals surface area (Å²) in [6.45, 7) is 3.51. The minimum Gasteiger partial charge on any atom is -0.383 e. The smallest absolute Gasteiger partial charge is 0.251 e. The van der Waals surface area contributed by atoms with Gasteiger partial charge in [-0.15, -0.1) is 0 Å². The summed E-state index contributed by atoms with van der Waals surface area (Å²) in [4.78, 5) is 22.1. The van der Waals surface area contributed by atoms with E-state index in [1.165, 1.54) is 18.4 Å². The number of aryl methyl sites for hydroxylation is 2. The van der Waals surface area contributed by atoms with E-state index in [4.69, 9.17) is 4.74 Å². The summed E-state index contributed by atoms with van der Waals surface area (Å²) < 4.78 is 7.19. The Bertz CT molecular complexity index is 966. The molecule has 1 atom stereocenters. The second-order valence-electron chi connectivity index (χ2n) is 7.52. The van der Waals surface area contributed by atoms with Crippen LogP contribution in [0.4, 0.5) is 0 Å². The lowest BCUT2D eigenvalue weighted by molar-refractivity contribution is 0.112. The molecule has 0 bridgehead atoms. The van der Waals surface area contributed by atoms with Crippen LogP contribution < -0.4 is 5.56 Å². The Morgan fingerprint density at radius 2 is 2.14 bits per heavy atom. The van der Waals surface area contributed by atoms with Gasteiger partial charge in [-0.2, -0.15) is 5.10 Å². The Kier molecular flexibility index (Phi) is 6.17. The molecule has 4 rings (SSSR count). The number of benzene rings is 1. The third kappa shape index (κ3) is 4.99. The first-order valence-electron chi connectivity index (χ1n) is 10.1. The quantitative estimate of drug-likeness (QED) is 0.636. The molecule has 2 aromatic heterocycles. The molecule has 1 saturated heterocycles. The first-order chi connectivity index (χ1) is 14.2. The van der Waals surface area contributed by atoms with Crippen LogP contribution in [0.3, 0.4) is 0 Å². The van der Waals surface area contributed by atoms with Crippen molar-refractivity contribution in [2.75, 3.05) is 20.3 Å². The van der Waals surface area contributed by atoms with Gasteiger partial charge >= 0.3 is 0 Å². The standard InChI is InChI=1S/C22H27N5O2/c1-29-16-20-4-2-11-26(20)15-17-5-7-18(8-6-17)22-24-19(14-21(28)25-22)9-13-27-12-3-10-23-27/h3,5-8,10,12,14,20H,2,4,9,11,13,15-16H2,1H3,(H,24,25,28)/t20-/m0/s1. The average Bonchev–Trinajstić information content (AvgIpc) is 3.39. The van der Waals surface area contributed by atoms with Gasteiger partial charge in [0.05, 0.1) is 12.3 Å². The van der Waals surface area contributed by atoms with Gasteiger partial charge in [0, 0.05) is 56.7 Å². The summed E-state index contributed by atoms with van der Waals surface area (Å²) in [6.07, 6.45) is 6.74. The van der Waals surface area contributed by atoms with Gasteiger partial charge in [0.2, 0.25) is 0 Å². The van der Waals surface area contributed by atoms with Gasteiger partial charge in [0.25, 0.3) is 5.56 Å². The zero-order valence-corrected chi connectivity index (χ0v) is 16.8. The maximum atomic E-state index is 12.1. The molecular weight excluding hydrogens is 366 g/mol. The molecular formula is C22H27N5O2. The highest BCUT2D eigenvalue weighted by Crippen LogP contribution is 2.22. The van der Waals surface area contributed by atoms with Crippen LogP contribution in [0.25, 0.3) is 11.4 Å². The Labute approximate surface area is 170 Å². The van der Waals surface area contributed by atoms with Crippen molar-refractivity contribution in [2.24, 2.45) is 0 Å². The van der Waals surface area contributed by atoms with Crippen molar-refractivity contribution in [3.63, 3.8) is 0 Å². The molecule has 7 nitrogen and oxygen atoms in total. The lowest BCUT2D eigenvalue weighted by atomic mass is 10.1. The molecule has 3 heterocycles. The summed E-state index contributed by atoms with van der Waals surface area (Å²) in [5.41, 5.74) is 2.81. The molecule has 7 heteroatoms. The van der Waals surface area contributed by atoms with Crippen LogP contribution in [0.5, 0.6) is 0 Å². The van der Waals surface area contributed by atoms with Gasteiger partial charge < -0.3 is 9.72 Å². The molecule has 1 N–H and O–H groups in total. The van der Waals surface area contributed by atoms with E-state index in [0.29, 0.717) is 24.8 Å². The monoisotopic (exact) mass is 393 g/mol. The van der Waals surface area contributed by atoms with E-state index in [9.17, 15) is 4.79 Å². The van der Waals surface area contributed by atoms with Crippen LogP contribution in [-0.2, 0) is 24.2 Å². The van der Waals surface area contributed by atoms with Crippen molar-refractivity contribution in [1.82, 2.24) is 24.6 Å². The first kappa shape index (κ1) is 19.5. The third-order valence-electron chi connectivity index (χ3n) is 5.42. The zero-order chi connectivity index (χ0) is 20.1. The first-order valence-corrected chi connectivity index (χ1v) is 10.1. The van der Waals surface area contributed by atoms with Gasteiger partial charge in [-0.3, -0.25) is 14.4 Å². The highest BCUT2D eigenvalue weighted by atomic mass is 16.5. The Morgan fingerprint density at radius 3 is 2.90 bits per heavy atom. The van der Waals surface area contributed by atoms with E-state index in [2.05, 4.69) is 32.1 Å². The second kappa shape index (κ2) is 9.15. The topological polar surface area (TPSA) is 76.0 Å². The van der Waals surface area contributed by atoms with Gasteiger partial charge in [-0.05, 0) is 31.0 Å². The van der Waals surface area contributed by atoms with Crippen molar-refractivity contribution in [2.45, 2.75) is 38.4 Å². The molecule has 1 aliphatic rings. The maximum Gasteiger partial charge on any atom is 0.251 e. The number of hydrogen-bond acceptors (Lipinski definition) is 5. The van der Waals surface area contributed by atoms with Gasteiger partial charge in [0.1, 0.15) is 5.82 Å². The van der Waals surface area contributed by atoms with Crippen LogP contribution in [0, 0.1) is 0 Å². The normalized spacial score (nSPS) is 17.1. The van der Waals surface area contributed by atoms with Crippen molar-refractivity contribution in [3.05, 3.63) is 70.4 Å². The number of aromatic nitrogens is 4. The van der Waals surface area contributed by atoms with Crippen molar-refractivity contribution < 1.29 is 4.74 Å². The fraction of sp³-hybridized carbons (Fsp3) is 0.409. The van der Waals surface area contributed by atoms with Crippen LogP contribution in [-0.4, -0.2) is 51.0 Å². The number of nitrogens with zero attached hydrogens (tertiary/aromatic N) is 4. The van der Waals surface area contributed by atoms with Crippen LogP contribution >= 0.6 is 0 Å². The molecule has 1 aliphatic heterocycles. The van der Waals surface area contributed by atoms with Crippen LogP contribution in [0.1, 0.15) is 24.1 Å².